The molecule has 2 aromatic rings. The van der Waals surface area contributed by atoms with Crippen molar-refractivity contribution in [2.24, 2.45) is 0 Å². The van der Waals surface area contributed by atoms with E-state index in [1.807, 2.05) is 0 Å². The maximum absolute atomic E-state index is 14.6. The van der Waals surface area contributed by atoms with Gasteiger partial charge in [0.1, 0.15) is 17.8 Å². The van der Waals surface area contributed by atoms with Crippen LogP contribution in [0.2, 0.25) is 0 Å². The van der Waals surface area contributed by atoms with Crippen LogP contribution in [0.3, 0.4) is 0 Å². The van der Waals surface area contributed by atoms with Crippen LogP contribution >= 0.6 is 0 Å². The second kappa shape index (κ2) is 7.69. The largest absolute Gasteiger partial charge is 0.383 e. The van der Waals surface area contributed by atoms with Crippen molar-refractivity contribution in [3.05, 3.63) is 53.5 Å². The summed E-state index contributed by atoms with van der Waals surface area (Å²) in [7, 11) is 0. The van der Waals surface area contributed by atoms with Crippen LogP contribution in [0.25, 0.3) is 0 Å². The monoisotopic (exact) mass is 374 g/mol. The maximum atomic E-state index is 14.6. The molecular weight excluding hydrogens is 354 g/mol. The molecule has 8 heteroatoms. The van der Waals surface area contributed by atoms with Crippen molar-refractivity contribution < 1.29 is 18.4 Å². The number of hydrogen-bond acceptors (Lipinski definition) is 4. The Bertz CT molecular complexity index is 857. The second-order valence-electron chi connectivity index (χ2n) is 6.53. The van der Waals surface area contributed by atoms with E-state index in [0.29, 0.717) is 29.1 Å². The summed E-state index contributed by atoms with van der Waals surface area (Å²) in [4.78, 5) is 30.2. The van der Waals surface area contributed by atoms with Crippen LogP contribution in [0, 0.1) is 12.7 Å². The number of nitrogens with zero attached hydrogens (tertiary/aromatic N) is 2. The third-order valence-corrected chi connectivity index (χ3v) is 4.60. The van der Waals surface area contributed by atoms with Gasteiger partial charge in [-0.2, -0.15) is 0 Å². The van der Waals surface area contributed by atoms with Gasteiger partial charge in [-0.3, -0.25) is 9.59 Å². The number of anilines is 2. The first-order valence-corrected chi connectivity index (χ1v) is 8.60. The molecule has 0 unspecified atom stereocenters. The minimum Gasteiger partial charge on any atom is -0.383 e. The third kappa shape index (κ3) is 4.05. The van der Waals surface area contributed by atoms with Crippen LogP contribution < -0.4 is 11.1 Å². The molecule has 0 aliphatic carbocycles. The molecule has 1 aromatic heterocycles. The van der Waals surface area contributed by atoms with Crippen LogP contribution in [-0.4, -0.2) is 34.4 Å². The number of hydrogen-bond donors (Lipinski definition) is 2. The first-order chi connectivity index (χ1) is 12.9. The quantitative estimate of drug-likeness (QED) is 0.791. The fourth-order valence-electron chi connectivity index (χ4n) is 3.19. The number of amides is 2. The highest BCUT2D eigenvalue weighted by molar-refractivity contribution is 6.39. The lowest BCUT2D eigenvalue weighted by Crippen LogP contribution is -2.48. The Balaban J connectivity index is 1.80. The average molecular weight is 374 g/mol. The Hall–Kier alpha value is -3.03. The molecule has 1 aromatic carbocycles. The molecule has 1 saturated heterocycles. The number of benzene rings is 1. The predicted molar refractivity (Wildman–Crippen MR) is 97.0 cm³/mol. The molecule has 1 aliphatic heterocycles. The van der Waals surface area contributed by atoms with Gasteiger partial charge >= 0.3 is 11.8 Å². The van der Waals surface area contributed by atoms with Crippen LogP contribution in [0.1, 0.15) is 30.0 Å². The number of nitrogens with one attached hydrogen (secondary N) is 1. The van der Waals surface area contributed by atoms with E-state index >= 15 is 0 Å². The van der Waals surface area contributed by atoms with Gasteiger partial charge in [0.2, 0.25) is 0 Å². The SMILES string of the molecule is Cc1cc(NC(=O)C(=O)N2CCC[C@@H](F)[C@H]2c2ccc(F)cc2)cnc1N. The number of rotatable bonds is 2. The summed E-state index contributed by atoms with van der Waals surface area (Å²) in [5.41, 5.74) is 7.08. The van der Waals surface area contributed by atoms with Crippen molar-refractivity contribution in [3.63, 3.8) is 0 Å². The molecule has 1 aliphatic rings. The van der Waals surface area contributed by atoms with Crippen LogP contribution in [0.15, 0.2) is 36.5 Å². The Morgan fingerprint density at radius 2 is 2.00 bits per heavy atom. The van der Waals surface area contributed by atoms with E-state index in [9.17, 15) is 18.4 Å². The molecule has 3 N–H and O–H groups in total. The highest BCUT2D eigenvalue weighted by Crippen LogP contribution is 2.33. The lowest BCUT2D eigenvalue weighted by Gasteiger charge is -2.37. The standard InChI is InChI=1S/C19H20F2N4O2/c1-11-9-14(10-23-17(11)22)24-18(26)19(27)25-8-2-3-15(21)16(25)12-4-6-13(20)7-5-12/h4-7,9-10,15-16H,2-3,8H2,1H3,(H2,22,23)(H,24,26)/t15-,16-/m1/s1. The van der Waals surface area contributed by atoms with E-state index in [1.165, 1.54) is 35.4 Å². The number of alkyl halides is 1. The number of halogens is 2. The van der Waals surface area contributed by atoms with Gasteiger partial charge in [0, 0.05) is 6.54 Å². The molecule has 2 atom stereocenters. The average Bonchev–Trinajstić information content (AvgIpc) is 2.65. The van der Waals surface area contributed by atoms with Gasteiger partial charge in [0.05, 0.1) is 17.9 Å². The number of likely N-dealkylation sites (tertiary alicyclic amines) is 1. The number of pyridine rings is 1. The molecule has 2 amide bonds. The third-order valence-electron chi connectivity index (χ3n) is 4.60. The number of aryl methyl sites for hydroxylation is 1. The molecule has 0 radical (unpaired) electrons. The smallest absolute Gasteiger partial charge is 0.313 e. The van der Waals surface area contributed by atoms with Gasteiger partial charge in [-0.15, -0.1) is 0 Å². The van der Waals surface area contributed by atoms with E-state index in [1.54, 1.807) is 13.0 Å². The van der Waals surface area contributed by atoms with Gasteiger partial charge < -0.3 is 16.0 Å². The minimum atomic E-state index is -1.33. The fraction of sp³-hybridized carbons (Fsp3) is 0.316. The number of carbonyl (C=O) groups excluding carboxylic acids is 2. The molecule has 0 saturated carbocycles. The van der Waals surface area contributed by atoms with Crippen molar-refractivity contribution in [1.29, 1.82) is 0 Å². The molecule has 2 heterocycles. The van der Waals surface area contributed by atoms with Crippen LogP contribution in [0.4, 0.5) is 20.3 Å². The number of nitrogen functional groups attached to an aromatic ring is 1. The van der Waals surface area contributed by atoms with Crippen molar-refractivity contribution in [2.75, 3.05) is 17.6 Å². The molecule has 142 valence electrons. The van der Waals surface area contributed by atoms with Crippen LogP contribution in [0.5, 0.6) is 0 Å². The van der Waals surface area contributed by atoms with E-state index in [-0.39, 0.29) is 13.0 Å². The van der Waals surface area contributed by atoms with Crippen molar-refractivity contribution in [2.45, 2.75) is 32.0 Å². The second-order valence-corrected chi connectivity index (χ2v) is 6.53. The predicted octanol–water partition coefficient (Wildman–Crippen LogP) is 2.75. The fourth-order valence-corrected chi connectivity index (χ4v) is 3.19. The molecule has 27 heavy (non-hydrogen) atoms. The molecule has 0 bridgehead atoms. The Morgan fingerprint density at radius 3 is 2.67 bits per heavy atom. The summed E-state index contributed by atoms with van der Waals surface area (Å²) in [5.74, 6) is -1.86. The van der Waals surface area contributed by atoms with E-state index in [2.05, 4.69) is 10.3 Å². The van der Waals surface area contributed by atoms with Gasteiger partial charge in [-0.25, -0.2) is 13.8 Å². The normalized spacial score (nSPS) is 19.6. The Labute approximate surface area is 155 Å². The van der Waals surface area contributed by atoms with Gasteiger partial charge in [-0.1, -0.05) is 12.1 Å². The van der Waals surface area contributed by atoms with Crippen molar-refractivity contribution in [1.82, 2.24) is 9.88 Å². The molecule has 6 nitrogen and oxygen atoms in total. The zero-order valence-electron chi connectivity index (χ0n) is 14.8. The summed E-state index contributed by atoms with van der Waals surface area (Å²) >= 11 is 0. The first kappa shape index (κ1) is 18.8. The Morgan fingerprint density at radius 1 is 1.30 bits per heavy atom. The molecule has 1 fully saturated rings. The summed E-state index contributed by atoms with van der Waals surface area (Å²) in [5, 5.41) is 2.47. The topological polar surface area (TPSA) is 88.3 Å². The lowest BCUT2D eigenvalue weighted by molar-refractivity contribution is -0.147. The molecule has 0 spiro atoms. The zero-order valence-corrected chi connectivity index (χ0v) is 14.8. The first-order valence-electron chi connectivity index (χ1n) is 8.60. The lowest BCUT2D eigenvalue weighted by atomic mass is 9.93. The molecular formula is C19H20F2N4O2. The van der Waals surface area contributed by atoms with Gasteiger partial charge in [0.15, 0.2) is 0 Å². The van der Waals surface area contributed by atoms with Gasteiger partial charge in [-0.05, 0) is 49.1 Å². The summed E-state index contributed by atoms with van der Waals surface area (Å²) < 4.78 is 27.8. The number of nitrogens with two attached hydrogens (primary N) is 1. The zero-order chi connectivity index (χ0) is 19.6. The van der Waals surface area contributed by atoms with Crippen LogP contribution in [-0.2, 0) is 9.59 Å². The van der Waals surface area contributed by atoms with E-state index in [4.69, 9.17) is 5.73 Å². The summed E-state index contributed by atoms with van der Waals surface area (Å²) in [6.45, 7) is 1.97. The summed E-state index contributed by atoms with van der Waals surface area (Å²) in [6, 6.07) is 5.96. The summed E-state index contributed by atoms with van der Waals surface area (Å²) in [6.07, 6.45) is 0.732. The number of carbonyl (C=O) groups is 2. The van der Waals surface area contributed by atoms with Gasteiger partial charge in [0.25, 0.3) is 0 Å². The Kier molecular flexibility index (Phi) is 5.34. The van der Waals surface area contributed by atoms with Crippen molar-refractivity contribution in [3.8, 4) is 0 Å². The van der Waals surface area contributed by atoms with E-state index < -0.39 is 29.8 Å². The molecule has 3 rings (SSSR count). The minimum absolute atomic E-state index is 0.244. The number of piperidine rings is 1. The highest BCUT2D eigenvalue weighted by atomic mass is 19.1. The van der Waals surface area contributed by atoms with Crippen molar-refractivity contribution >= 4 is 23.3 Å². The number of aromatic nitrogens is 1. The highest BCUT2D eigenvalue weighted by Gasteiger charge is 2.38. The van der Waals surface area contributed by atoms with E-state index in [0.717, 1.165) is 0 Å². The maximum Gasteiger partial charge on any atom is 0.313 e.